The summed E-state index contributed by atoms with van der Waals surface area (Å²) in [5.74, 6) is -1.00. The number of carboxylic acids is 1. The van der Waals surface area contributed by atoms with Crippen LogP contribution in [-0.2, 0) is 22.4 Å². The van der Waals surface area contributed by atoms with E-state index in [2.05, 4.69) is 41.5 Å². The fourth-order valence-corrected chi connectivity index (χ4v) is 3.08. The van der Waals surface area contributed by atoms with Crippen LogP contribution in [0, 0.1) is 5.41 Å². The SMILES string of the molecule is CCc1ccc(-c2nc(CC(=O)NCCC(C)(C)C(=O)O)cs2)cc1. The second kappa shape index (κ2) is 8.25. The van der Waals surface area contributed by atoms with E-state index in [4.69, 9.17) is 5.11 Å². The molecule has 0 unspecified atom stereocenters. The second-order valence-electron chi connectivity index (χ2n) is 6.66. The van der Waals surface area contributed by atoms with Crippen molar-refractivity contribution >= 4 is 23.2 Å². The fraction of sp³-hybridized carbons (Fsp3) is 0.421. The van der Waals surface area contributed by atoms with Crippen LogP contribution in [0.4, 0.5) is 0 Å². The van der Waals surface area contributed by atoms with Crippen molar-refractivity contribution in [1.29, 1.82) is 0 Å². The molecule has 1 aromatic heterocycles. The molecule has 6 heteroatoms. The molecule has 0 bridgehead atoms. The van der Waals surface area contributed by atoms with Crippen molar-refractivity contribution < 1.29 is 14.7 Å². The number of hydrogen-bond donors (Lipinski definition) is 2. The third-order valence-corrected chi connectivity index (χ3v) is 5.09. The molecule has 0 radical (unpaired) electrons. The minimum absolute atomic E-state index is 0.139. The van der Waals surface area contributed by atoms with Crippen LogP contribution >= 0.6 is 11.3 Å². The van der Waals surface area contributed by atoms with Crippen LogP contribution in [-0.4, -0.2) is 28.5 Å². The van der Waals surface area contributed by atoms with E-state index in [-0.39, 0.29) is 12.3 Å². The van der Waals surface area contributed by atoms with Gasteiger partial charge < -0.3 is 10.4 Å². The van der Waals surface area contributed by atoms with Gasteiger partial charge in [-0.2, -0.15) is 0 Å². The van der Waals surface area contributed by atoms with Gasteiger partial charge in [0.05, 0.1) is 17.5 Å². The number of carbonyl (C=O) groups excluding carboxylic acids is 1. The summed E-state index contributed by atoms with van der Waals surface area (Å²) < 4.78 is 0. The summed E-state index contributed by atoms with van der Waals surface area (Å²) in [5, 5.41) is 14.6. The Kier molecular flexibility index (Phi) is 6.31. The van der Waals surface area contributed by atoms with E-state index in [1.54, 1.807) is 13.8 Å². The summed E-state index contributed by atoms with van der Waals surface area (Å²) in [6.45, 7) is 5.76. The monoisotopic (exact) mass is 360 g/mol. The maximum Gasteiger partial charge on any atom is 0.309 e. The number of aliphatic carboxylic acids is 1. The van der Waals surface area contributed by atoms with E-state index in [1.165, 1.54) is 16.9 Å². The number of nitrogens with zero attached hydrogens (tertiary/aromatic N) is 1. The standard InChI is InChI=1S/C19H24N2O3S/c1-4-13-5-7-14(8-6-13)17-21-15(12-25-17)11-16(22)20-10-9-19(2,3)18(23)24/h5-8,12H,4,9-11H2,1-3H3,(H,20,22)(H,23,24). The number of nitrogens with one attached hydrogen (secondary N) is 1. The van der Waals surface area contributed by atoms with Gasteiger partial charge in [-0.05, 0) is 32.3 Å². The Labute approximate surface area is 152 Å². The fourth-order valence-electron chi connectivity index (χ4n) is 2.25. The first-order valence-electron chi connectivity index (χ1n) is 8.35. The minimum Gasteiger partial charge on any atom is -0.481 e. The molecule has 0 saturated carbocycles. The molecule has 5 nitrogen and oxygen atoms in total. The lowest BCUT2D eigenvalue weighted by molar-refractivity contribution is -0.147. The zero-order chi connectivity index (χ0) is 18.4. The van der Waals surface area contributed by atoms with Crippen molar-refractivity contribution in [2.24, 2.45) is 5.41 Å². The zero-order valence-corrected chi connectivity index (χ0v) is 15.7. The first-order valence-corrected chi connectivity index (χ1v) is 9.23. The highest BCUT2D eigenvalue weighted by Gasteiger charge is 2.26. The highest BCUT2D eigenvalue weighted by atomic mass is 32.1. The molecule has 0 fully saturated rings. The van der Waals surface area contributed by atoms with Crippen LogP contribution in [0.25, 0.3) is 10.6 Å². The minimum atomic E-state index is -0.861. The van der Waals surface area contributed by atoms with Gasteiger partial charge in [0.25, 0.3) is 0 Å². The number of rotatable bonds is 8. The van der Waals surface area contributed by atoms with Crippen molar-refractivity contribution in [3.63, 3.8) is 0 Å². The van der Waals surface area contributed by atoms with Crippen molar-refractivity contribution in [3.8, 4) is 10.6 Å². The molecule has 1 aromatic carbocycles. The predicted molar refractivity (Wildman–Crippen MR) is 99.7 cm³/mol. The van der Waals surface area contributed by atoms with Crippen LogP contribution in [0.2, 0.25) is 0 Å². The number of carboxylic acid groups (broad SMARTS) is 1. The van der Waals surface area contributed by atoms with Crippen LogP contribution < -0.4 is 5.32 Å². The van der Waals surface area contributed by atoms with E-state index < -0.39 is 11.4 Å². The van der Waals surface area contributed by atoms with Gasteiger partial charge in [-0.3, -0.25) is 9.59 Å². The van der Waals surface area contributed by atoms with Gasteiger partial charge in [-0.1, -0.05) is 31.2 Å². The Balaban J connectivity index is 1.87. The first-order chi connectivity index (χ1) is 11.8. The Morgan fingerprint density at radius 2 is 1.92 bits per heavy atom. The number of hydrogen-bond acceptors (Lipinski definition) is 4. The quantitative estimate of drug-likeness (QED) is 0.755. The number of carbonyl (C=O) groups is 2. The summed E-state index contributed by atoms with van der Waals surface area (Å²) in [7, 11) is 0. The van der Waals surface area contributed by atoms with E-state index >= 15 is 0 Å². The Morgan fingerprint density at radius 3 is 2.52 bits per heavy atom. The molecular formula is C19H24N2O3S. The molecule has 25 heavy (non-hydrogen) atoms. The molecule has 0 aliphatic carbocycles. The maximum absolute atomic E-state index is 12.0. The van der Waals surface area contributed by atoms with Crippen molar-refractivity contribution in [1.82, 2.24) is 10.3 Å². The highest BCUT2D eigenvalue weighted by Crippen LogP contribution is 2.24. The summed E-state index contributed by atoms with van der Waals surface area (Å²) >= 11 is 1.52. The lowest BCUT2D eigenvalue weighted by Crippen LogP contribution is -2.32. The lowest BCUT2D eigenvalue weighted by Gasteiger charge is -2.18. The molecule has 0 atom stereocenters. The molecule has 2 aromatic rings. The summed E-state index contributed by atoms with van der Waals surface area (Å²) in [5.41, 5.74) is 2.22. The summed E-state index contributed by atoms with van der Waals surface area (Å²) in [6, 6.07) is 8.28. The number of aryl methyl sites for hydroxylation is 1. The number of aromatic nitrogens is 1. The van der Waals surface area contributed by atoms with Gasteiger partial charge in [-0.25, -0.2) is 4.98 Å². The van der Waals surface area contributed by atoms with E-state index in [0.717, 1.165) is 22.7 Å². The molecule has 0 aliphatic heterocycles. The van der Waals surface area contributed by atoms with E-state index in [0.29, 0.717) is 13.0 Å². The molecule has 2 N–H and O–H groups in total. The molecule has 1 heterocycles. The first kappa shape index (κ1) is 19.1. The average Bonchev–Trinajstić information content (AvgIpc) is 3.03. The summed E-state index contributed by atoms with van der Waals surface area (Å²) in [6.07, 6.45) is 1.60. The average molecular weight is 360 g/mol. The Hall–Kier alpha value is -2.21. The molecule has 134 valence electrons. The molecule has 0 spiro atoms. The Bertz CT molecular complexity index is 735. The van der Waals surface area contributed by atoms with Gasteiger partial charge in [0, 0.05) is 17.5 Å². The summed E-state index contributed by atoms with van der Waals surface area (Å²) in [4.78, 5) is 27.6. The van der Waals surface area contributed by atoms with Gasteiger partial charge in [0.15, 0.2) is 0 Å². The van der Waals surface area contributed by atoms with Gasteiger partial charge in [0.2, 0.25) is 5.91 Å². The van der Waals surface area contributed by atoms with E-state index in [9.17, 15) is 9.59 Å². The number of benzene rings is 1. The predicted octanol–water partition coefficient (Wildman–Crippen LogP) is 3.53. The largest absolute Gasteiger partial charge is 0.481 e. The van der Waals surface area contributed by atoms with Crippen LogP contribution in [0.1, 0.15) is 38.4 Å². The molecular weight excluding hydrogens is 336 g/mol. The Morgan fingerprint density at radius 1 is 1.24 bits per heavy atom. The van der Waals surface area contributed by atoms with Crippen molar-refractivity contribution in [2.75, 3.05) is 6.54 Å². The normalized spacial score (nSPS) is 11.3. The maximum atomic E-state index is 12.0. The third kappa shape index (κ3) is 5.39. The van der Waals surface area contributed by atoms with E-state index in [1.807, 2.05) is 5.38 Å². The van der Waals surface area contributed by atoms with Crippen LogP contribution in [0.15, 0.2) is 29.6 Å². The van der Waals surface area contributed by atoms with Crippen LogP contribution in [0.3, 0.4) is 0 Å². The second-order valence-corrected chi connectivity index (χ2v) is 7.52. The molecule has 2 rings (SSSR count). The van der Waals surface area contributed by atoms with Gasteiger partial charge >= 0.3 is 5.97 Å². The lowest BCUT2D eigenvalue weighted by atomic mass is 9.90. The molecule has 0 aliphatic rings. The van der Waals surface area contributed by atoms with Crippen molar-refractivity contribution in [3.05, 3.63) is 40.9 Å². The zero-order valence-electron chi connectivity index (χ0n) is 14.8. The van der Waals surface area contributed by atoms with Crippen LogP contribution in [0.5, 0.6) is 0 Å². The van der Waals surface area contributed by atoms with Gasteiger partial charge in [0.1, 0.15) is 5.01 Å². The van der Waals surface area contributed by atoms with Crippen molar-refractivity contribution in [2.45, 2.75) is 40.0 Å². The molecule has 0 saturated heterocycles. The number of thiazole rings is 1. The molecule has 1 amide bonds. The highest BCUT2D eigenvalue weighted by molar-refractivity contribution is 7.13. The smallest absolute Gasteiger partial charge is 0.309 e. The third-order valence-electron chi connectivity index (χ3n) is 4.15. The topological polar surface area (TPSA) is 79.3 Å². The number of amides is 1. The van der Waals surface area contributed by atoms with Gasteiger partial charge in [-0.15, -0.1) is 11.3 Å².